The van der Waals surface area contributed by atoms with E-state index in [0.29, 0.717) is 0 Å². The molecule has 0 saturated heterocycles. The van der Waals surface area contributed by atoms with Gasteiger partial charge in [-0.1, -0.05) is 0 Å². The van der Waals surface area contributed by atoms with Gasteiger partial charge in [-0.25, -0.2) is 0 Å². The van der Waals surface area contributed by atoms with Gasteiger partial charge in [0.25, 0.3) is 0 Å². The molecule has 0 nitrogen and oxygen atoms in total. The van der Waals surface area contributed by atoms with Crippen molar-refractivity contribution in [3.05, 3.63) is 0 Å². The average molecular weight is 807 g/mol. The van der Waals surface area contributed by atoms with Crippen molar-refractivity contribution in [2.45, 2.75) is 0 Å². The van der Waals surface area contributed by atoms with Crippen LogP contribution in [0.1, 0.15) is 0 Å². The minimum absolute atomic E-state index is 0. The molecule has 0 aromatic carbocycles. The third-order valence-electron chi connectivity index (χ3n) is 0. The minimum Gasteiger partial charge on any atom is -1.00 e. The maximum Gasteiger partial charge on any atom is 2.00 e. The van der Waals surface area contributed by atoms with E-state index in [-0.39, 0.29) is 252 Å². The van der Waals surface area contributed by atoms with Gasteiger partial charge in [0.15, 0.2) is 0 Å². The summed E-state index contributed by atoms with van der Waals surface area (Å²) in [6.07, 6.45) is 0. The van der Waals surface area contributed by atoms with Crippen LogP contribution in [-0.4, -0.2) is 97.8 Å². The van der Waals surface area contributed by atoms with Crippen molar-refractivity contribution in [1.82, 2.24) is 0 Å². The van der Waals surface area contributed by atoms with Gasteiger partial charge < -0.3 is 84.9 Å². The Kier molecular flexibility index (Phi) is 337. The summed E-state index contributed by atoms with van der Waals surface area (Å²) in [6.45, 7) is 0. The van der Waals surface area contributed by atoms with E-state index in [4.69, 9.17) is 0 Å². The number of hydrogen-bond acceptors (Lipinski definition) is 0. The van der Waals surface area contributed by atoms with Crippen LogP contribution in [0.4, 0.5) is 0 Å². The fourth-order valence-corrected chi connectivity index (χ4v) is 0. The zero-order chi connectivity index (χ0) is 0. The first-order chi connectivity index (χ1) is 0. The van der Waals surface area contributed by atoms with E-state index in [2.05, 4.69) is 0 Å². The second kappa shape index (κ2) is 46.8. The molecule has 0 rings (SSSR count). The zero-order valence-electron chi connectivity index (χ0n) is 4.30. The Morgan fingerprint density at radius 1 is 0.375 bits per heavy atom. The Hall–Kier alpha value is 7.59. The quantitative estimate of drug-likeness (QED) is 0.214. The Morgan fingerprint density at radius 2 is 0.375 bits per heavy atom. The van der Waals surface area contributed by atoms with E-state index in [9.17, 15) is 0 Å². The average Bonchev–Trinajstić information content (AvgIpc) is 0. The normalized spacial score (nSPS) is 0. The summed E-state index contributed by atoms with van der Waals surface area (Å²) in [5.74, 6) is 0. The predicted octanol–water partition coefficient (Wildman–Crippen LogP) is -18.7. The zero-order valence-corrected chi connectivity index (χ0v) is 27.4. The molecule has 40 valence electrons. The van der Waals surface area contributed by atoms with Crippen molar-refractivity contribution in [2.75, 3.05) is 0 Å². The molecular formula is Ba2Br5Cs. The van der Waals surface area contributed by atoms with Crippen LogP contribution in [0, 0.1) is 0 Å². The fraction of sp³-hybridized carbons (Fsp3) is 0. The molecule has 0 fully saturated rings. The van der Waals surface area contributed by atoms with Gasteiger partial charge in [0.1, 0.15) is 0 Å². The smallest absolute Gasteiger partial charge is 1.00 e. The second-order valence-corrected chi connectivity index (χ2v) is 0. The molecule has 0 radical (unpaired) electrons. The van der Waals surface area contributed by atoms with E-state index >= 15 is 0 Å². The molecule has 0 aromatic rings. The summed E-state index contributed by atoms with van der Waals surface area (Å²) in [6, 6.07) is 0. The Balaban J connectivity index is 0. The molecule has 0 saturated carbocycles. The van der Waals surface area contributed by atoms with Crippen molar-refractivity contribution < 1.29 is 154 Å². The fourth-order valence-electron chi connectivity index (χ4n) is 0. The summed E-state index contributed by atoms with van der Waals surface area (Å²) < 4.78 is 0. The van der Waals surface area contributed by atoms with Gasteiger partial charge in [0.05, 0.1) is 0 Å². The maximum absolute atomic E-state index is 0. The number of rotatable bonds is 0. The molecular weight excluding hydrogens is 807 g/mol. The molecule has 0 aliphatic carbocycles. The van der Waals surface area contributed by atoms with Crippen LogP contribution in [0.15, 0.2) is 0 Å². The van der Waals surface area contributed by atoms with Crippen molar-refractivity contribution in [3.8, 4) is 0 Å². The van der Waals surface area contributed by atoms with Crippen LogP contribution in [0.5, 0.6) is 0 Å². The molecule has 0 bridgehead atoms. The van der Waals surface area contributed by atoms with Gasteiger partial charge >= 0.3 is 167 Å². The van der Waals surface area contributed by atoms with Crippen molar-refractivity contribution in [2.24, 2.45) is 0 Å². The summed E-state index contributed by atoms with van der Waals surface area (Å²) in [5.41, 5.74) is 0. The third-order valence-corrected chi connectivity index (χ3v) is 0. The van der Waals surface area contributed by atoms with E-state index < -0.39 is 0 Å². The molecule has 8 heavy (non-hydrogen) atoms. The molecule has 8 heteroatoms. The summed E-state index contributed by atoms with van der Waals surface area (Å²) in [7, 11) is 0. The van der Waals surface area contributed by atoms with Gasteiger partial charge in [-0.2, -0.15) is 0 Å². The van der Waals surface area contributed by atoms with Crippen LogP contribution < -0.4 is 154 Å². The molecule has 0 aliphatic heterocycles. The molecule has 0 aromatic heterocycles. The van der Waals surface area contributed by atoms with Crippen LogP contribution in [0.3, 0.4) is 0 Å². The molecule has 0 heterocycles. The molecule has 0 unspecified atom stereocenters. The van der Waals surface area contributed by atoms with Gasteiger partial charge in [0.2, 0.25) is 0 Å². The van der Waals surface area contributed by atoms with Crippen LogP contribution in [0.2, 0.25) is 0 Å². The topological polar surface area (TPSA) is 0 Å². The van der Waals surface area contributed by atoms with Crippen molar-refractivity contribution in [3.63, 3.8) is 0 Å². The van der Waals surface area contributed by atoms with Gasteiger partial charge in [0, 0.05) is 0 Å². The summed E-state index contributed by atoms with van der Waals surface area (Å²) in [4.78, 5) is 0. The molecule has 0 atom stereocenters. The monoisotopic (exact) mass is 803 g/mol. The van der Waals surface area contributed by atoms with Crippen molar-refractivity contribution >= 4 is 97.8 Å². The van der Waals surface area contributed by atoms with Gasteiger partial charge in [-0.05, 0) is 0 Å². The summed E-state index contributed by atoms with van der Waals surface area (Å²) in [5, 5.41) is 0. The molecule has 0 aliphatic rings. The van der Waals surface area contributed by atoms with Gasteiger partial charge in [-0.15, -0.1) is 0 Å². The van der Waals surface area contributed by atoms with Crippen LogP contribution in [-0.2, 0) is 0 Å². The first kappa shape index (κ1) is 57.6. The molecule has 0 amide bonds. The largest absolute Gasteiger partial charge is 2.00 e. The molecule has 0 spiro atoms. The minimum atomic E-state index is 0. The standard InChI is InChI=1S/2Ba.5BrH.Cs/h;;5*1H;/q2*+2;;;;;;+1/p-5. The second-order valence-electron chi connectivity index (χ2n) is 0. The molecule has 0 N–H and O–H groups in total. The van der Waals surface area contributed by atoms with E-state index in [1.54, 1.807) is 0 Å². The van der Waals surface area contributed by atoms with Crippen LogP contribution in [0.25, 0.3) is 0 Å². The number of hydrogen-bond donors (Lipinski definition) is 0. The predicted molar refractivity (Wildman–Crippen MR) is 11.5 cm³/mol. The third kappa shape index (κ3) is 37.4. The van der Waals surface area contributed by atoms with Gasteiger partial charge in [-0.3, -0.25) is 0 Å². The number of halogens is 5. The van der Waals surface area contributed by atoms with Crippen molar-refractivity contribution in [1.29, 1.82) is 0 Å². The van der Waals surface area contributed by atoms with E-state index in [0.717, 1.165) is 0 Å². The SMILES string of the molecule is [Ba+2].[Ba+2].[Br-].[Br-].[Br-].[Br-].[Br-].[Cs+]. The first-order valence-electron chi connectivity index (χ1n) is 0. The van der Waals surface area contributed by atoms with Crippen LogP contribution >= 0.6 is 0 Å². The van der Waals surface area contributed by atoms with E-state index in [1.165, 1.54) is 0 Å². The Labute approximate surface area is 242 Å². The first-order valence-corrected chi connectivity index (χ1v) is 0. The maximum atomic E-state index is 0. The van der Waals surface area contributed by atoms with E-state index in [1.807, 2.05) is 0 Å². The Bertz CT molecular complexity index is 10.4. The Morgan fingerprint density at radius 3 is 0.375 bits per heavy atom. The summed E-state index contributed by atoms with van der Waals surface area (Å²) >= 11 is 0.